The van der Waals surface area contributed by atoms with E-state index in [0.29, 0.717) is 12.1 Å². The molecule has 0 bridgehead atoms. The smallest absolute Gasteiger partial charge is 0.388 e. The number of nitrogens with zero attached hydrogens (tertiary/aromatic N) is 1. The van der Waals surface area contributed by atoms with Crippen LogP contribution in [0, 0.1) is 6.92 Å². The summed E-state index contributed by atoms with van der Waals surface area (Å²) in [5.41, 5.74) is -6.36. The van der Waals surface area contributed by atoms with E-state index in [2.05, 4.69) is 5.32 Å². The van der Waals surface area contributed by atoms with Crippen LogP contribution in [0.15, 0.2) is 47.4 Å². The number of ether oxygens (including phenoxy) is 1. The number of aliphatic hydroxyl groups excluding tert-OH is 1. The number of aryl methyl sites for hydroxylation is 2. The van der Waals surface area contributed by atoms with Crippen LogP contribution in [0.3, 0.4) is 0 Å². The monoisotopic (exact) mass is 596 g/mol. The third-order valence-electron chi connectivity index (χ3n) is 7.03. The number of rotatable bonds is 6. The Kier molecular flexibility index (Phi) is 7.90. The van der Waals surface area contributed by atoms with Crippen LogP contribution in [-0.2, 0) is 31.6 Å². The van der Waals surface area contributed by atoms with Gasteiger partial charge in [-0.25, -0.2) is 8.42 Å². The maximum absolute atomic E-state index is 13.8. The van der Waals surface area contributed by atoms with Gasteiger partial charge < -0.3 is 20.3 Å². The molecule has 8 nitrogen and oxygen atoms in total. The molecule has 220 valence electrons. The molecule has 2 heterocycles. The summed E-state index contributed by atoms with van der Waals surface area (Å²) in [5.74, 6) is -0.632. The number of halogens is 6. The van der Waals surface area contributed by atoms with E-state index in [1.54, 1.807) is 6.92 Å². The van der Waals surface area contributed by atoms with Crippen LogP contribution in [0.4, 0.5) is 32.0 Å². The number of carbonyl (C=O) groups excluding carboxylic acids is 1. The predicted octanol–water partition coefficient (Wildman–Crippen LogP) is 3.08. The van der Waals surface area contributed by atoms with Crippen LogP contribution in [-0.4, -0.2) is 68.3 Å². The Morgan fingerprint density at radius 2 is 1.68 bits per heavy atom. The first-order valence-electron chi connectivity index (χ1n) is 12.1. The lowest BCUT2D eigenvalue weighted by Gasteiger charge is -2.39. The van der Waals surface area contributed by atoms with Crippen molar-refractivity contribution in [2.45, 2.75) is 67.2 Å². The molecule has 0 aromatic heterocycles. The van der Waals surface area contributed by atoms with E-state index in [0.717, 1.165) is 15.9 Å². The Bertz CT molecular complexity index is 1350. The summed E-state index contributed by atoms with van der Waals surface area (Å²) in [7, 11) is -4.46. The van der Waals surface area contributed by atoms with E-state index in [9.17, 15) is 49.8 Å². The van der Waals surface area contributed by atoms with E-state index in [-0.39, 0.29) is 42.2 Å². The van der Waals surface area contributed by atoms with Gasteiger partial charge in [0.15, 0.2) is 0 Å². The maximum Gasteiger partial charge on any atom is 0.430 e. The van der Waals surface area contributed by atoms with Gasteiger partial charge in [-0.05, 0) is 43.5 Å². The maximum atomic E-state index is 13.8. The van der Waals surface area contributed by atoms with Crippen molar-refractivity contribution in [3.8, 4) is 0 Å². The topological polar surface area (TPSA) is 116 Å². The van der Waals surface area contributed by atoms with Crippen LogP contribution in [0.2, 0.25) is 0 Å². The molecule has 0 radical (unpaired) electrons. The van der Waals surface area contributed by atoms with Gasteiger partial charge in [0.2, 0.25) is 5.91 Å². The molecule has 0 saturated carbocycles. The largest absolute Gasteiger partial charge is 0.430 e. The molecule has 2 aromatic carbocycles. The van der Waals surface area contributed by atoms with Gasteiger partial charge in [0, 0.05) is 12.0 Å². The van der Waals surface area contributed by atoms with E-state index in [1.807, 2.05) is 0 Å². The molecule has 2 aliphatic rings. The Hall–Kier alpha value is -2.88. The van der Waals surface area contributed by atoms with Gasteiger partial charge in [-0.1, -0.05) is 29.8 Å². The normalized spacial score (nSPS) is 22.2. The molecule has 40 heavy (non-hydrogen) atoms. The Morgan fingerprint density at radius 1 is 1.05 bits per heavy atom. The number of alkyl halides is 6. The van der Waals surface area contributed by atoms with Crippen LogP contribution in [0.25, 0.3) is 0 Å². The molecule has 0 unspecified atom stereocenters. The van der Waals surface area contributed by atoms with Crippen LogP contribution < -0.4 is 9.62 Å². The van der Waals surface area contributed by atoms with E-state index in [4.69, 9.17) is 4.74 Å². The molecule has 1 amide bonds. The van der Waals surface area contributed by atoms with E-state index < -0.39 is 64.1 Å². The summed E-state index contributed by atoms with van der Waals surface area (Å²) < 4.78 is 114. The second-order valence-electron chi connectivity index (χ2n) is 9.84. The highest BCUT2D eigenvalue weighted by atomic mass is 32.2. The molecular formula is C25H26F6N2O6S. The second-order valence-corrected chi connectivity index (χ2v) is 11.7. The third kappa shape index (κ3) is 5.39. The summed E-state index contributed by atoms with van der Waals surface area (Å²) in [6, 6.07) is 5.47. The number of fused-ring (bicyclic) bond motifs is 1. The summed E-state index contributed by atoms with van der Waals surface area (Å²) in [4.78, 5) is 12.6. The van der Waals surface area contributed by atoms with Gasteiger partial charge in [0.1, 0.15) is 0 Å². The number of amides is 1. The molecule has 0 spiro atoms. The number of anilines is 1. The average molecular weight is 597 g/mol. The van der Waals surface area contributed by atoms with Crippen molar-refractivity contribution in [3.63, 3.8) is 0 Å². The molecule has 1 saturated heterocycles. The van der Waals surface area contributed by atoms with Crippen molar-refractivity contribution in [2.75, 3.05) is 17.5 Å². The summed E-state index contributed by atoms with van der Waals surface area (Å²) in [6.45, 7) is 1.75. The first-order valence-corrected chi connectivity index (χ1v) is 13.6. The minimum atomic E-state index is -6.11. The number of hydrogen-bond donors (Lipinski definition) is 3. The number of hydrogen-bond acceptors (Lipinski definition) is 6. The minimum absolute atomic E-state index is 0.000210. The zero-order valence-corrected chi connectivity index (χ0v) is 21.8. The van der Waals surface area contributed by atoms with E-state index >= 15 is 0 Å². The molecule has 3 N–H and O–H groups in total. The molecule has 2 aromatic rings. The first kappa shape index (κ1) is 30.1. The summed E-state index contributed by atoms with van der Waals surface area (Å²) in [5, 5.41) is 22.3. The highest BCUT2D eigenvalue weighted by molar-refractivity contribution is 7.92. The Balaban J connectivity index is 1.77. The quantitative estimate of drug-likeness (QED) is 0.442. The predicted molar refractivity (Wildman–Crippen MR) is 129 cm³/mol. The first-order chi connectivity index (χ1) is 18.5. The number of aliphatic hydroxyl groups is 2. The molecule has 1 fully saturated rings. The van der Waals surface area contributed by atoms with Gasteiger partial charge in [-0.3, -0.25) is 9.10 Å². The summed E-state index contributed by atoms with van der Waals surface area (Å²) >= 11 is 0. The molecule has 15 heteroatoms. The fourth-order valence-electron chi connectivity index (χ4n) is 4.84. The van der Waals surface area contributed by atoms with Crippen molar-refractivity contribution in [3.05, 3.63) is 59.2 Å². The van der Waals surface area contributed by atoms with Crippen molar-refractivity contribution in [1.29, 1.82) is 0 Å². The van der Waals surface area contributed by atoms with E-state index in [1.165, 1.54) is 24.3 Å². The average Bonchev–Trinajstić information content (AvgIpc) is 3.25. The van der Waals surface area contributed by atoms with Crippen LogP contribution in [0.1, 0.15) is 29.5 Å². The minimum Gasteiger partial charge on any atom is -0.388 e. The summed E-state index contributed by atoms with van der Waals surface area (Å²) in [6.07, 6.45) is -13.9. The van der Waals surface area contributed by atoms with Gasteiger partial charge in [-0.2, -0.15) is 26.3 Å². The number of nitrogens with one attached hydrogen (secondary N) is 1. The fourth-order valence-corrected chi connectivity index (χ4v) is 6.56. The fraction of sp³-hybridized carbons (Fsp3) is 0.480. The highest BCUT2D eigenvalue weighted by Gasteiger charge is 2.71. The van der Waals surface area contributed by atoms with Gasteiger partial charge in [0.25, 0.3) is 15.6 Å². The van der Waals surface area contributed by atoms with Crippen molar-refractivity contribution >= 4 is 21.6 Å². The molecule has 4 rings (SSSR count). The Labute approximate surface area is 225 Å². The molecule has 2 aliphatic heterocycles. The van der Waals surface area contributed by atoms with Crippen molar-refractivity contribution in [2.24, 2.45) is 0 Å². The zero-order chi connectivity index (χ0) is 29.7. The van der Waals surface area contributed by atoms with Crippen LogP contribution >= 0.6 is 0 Å². The second kappa shape index (κ2) is 10.5. The third-order valence-corrected chi connectivity index (χ3v) is 8.91. The molecular weight excluding hydrogens is 570 g/mol. The van der Waals surface area contributed by atoms with Crippen molar-refractivity contribution < 1.29 is 54.5 Å². The lowest BCUT2D eigenvalue weighted by Crippen LogP contribution is -2.54. The van der Waals surface area contributed by atoms with Crippen LogP contribution in [0.5, 0.6) is 0 Å². The lowest BCUT2D eigenvalue weighted by molar-refractivity contribution is -0.376. The number of carbonyl (C=O) groups is 1. The SMILES string of the molecule is Cc1ccc(S(=O)(=O)N2c3ccc(C(O)(C(F)(F)F)C(F)(F)F)cc3CC[C@H]2CC(=O)N[C@@H]2COC[C@H]2O)cc1. The van der Waals surface area contributed by atoms with Crippen molar-refractivity contribution in [1.82, 2.24) is 5.32 Å². The van der Waals surface area contributed by atoms with Gasteiger partial charge >= 0.3 is 12.4 Å². The number of benzene rings is 2. The Morgan fingerprint density at radius 3 is 2.23 bits per heavy atom. The zero-order valence-electron chi connectivity index (χ0n) is 21.0. The standard InChI is InChI=1S/C25H26F6N2O6S/c1-14-2-7-18(8-3-14)40(37,38)33-17(11-22(35)32-19-12-39-13-21(19)34)6-4-15-10-16(5-9-20(15)33)23(36,24(26,27)28)25(29,30)31/h2-3,5,7-10,17,19,21,34,36H,4,6,11-13H2,1H3,(H,32,35)/t17-,19+,21+/m0/s1. The lowest BCUT2D eigenvalue weighted by atomic mass is 9.87. The molecule has 0 aliphatic carbocycles. The molecule has 3 atom stereocenters. The number of sulfonamides is 1. The van der Waals surface area contributed by atoms with Gasteiger partial charge in [-0.15, -0.1) is 0 Å². The van der Waals surface area contributed by atoms with Gasteiger partial charge in [0.05, 0.1) is 42.0 Å². The highest BCUT2D eigenvalue weighted by Crippen LogP contribution is 2.51.